The second kappa shape index (κ2) is 5.53. The van der Waals surface area contributed by atoms with Crippen LogP contribution in [-0.4, -0.2) is 46.4 Å². The Morgan fingerprint density at radius 3 is 2.70 bits per heavy atom. The van der Waals surface area contributed by atoms with Gasteiger partial charge in [0, 0.05) is 6.54 Å². The summed E-state index contributed by atoms with van der Waals surface area (Å²) in [4.78, 5) is 28.3. The molecule has 2 amide bonds. The van der Waals surface area contributed by atoms with Crippen LogP contribution in [0.25, 0.3) is 0 Å². The molecule has 1 aromatic rings. The standard InChI is InChI=1S/C17H22N2O4/c1-17(2,3)23-16(22)19-12-8-5-4-7-11(12)14(20)18-10-6-9-13(18)15(19)21/h4-5,7-8,13,15,21H,6,9-10H2,1-3H3. The van der Waals surface area contributed by atoms with Crippen molar-refractivity contribution in [3.8, 4) is 0 Å². The van der Waals surface area contributed by atoms with Crippen molar-refractivity contribution in [1.29, 1.82) is 0 Å². The second-order valence-electron chi connectivity index (χ2n) is 6.99. The Labute approximate surface area is 135 Å². The number of amides is 2. The minimum Gasteiger partial charge on any atom is -0.443 e. The summed E-state index contributed by atoms with van der Waals surface area (Å²) in [5, 5.41) is 10.8. The largest absolute Gasteiger partial charge is 0.443 e. The third-order valence-electron chi connectivity index (χ3n) is 4.15. The van der Waals surface area contributed by atoms with Gasteiger partial charge in [-0.3, -0.25) is 4.79 Å². The summed E-state index contributed by atoms with van der Waals surface area (Å²) < 4.78 is 5.44. The first-order valence-corrected chi connectivity index (χ1v) is 7.90. The number of aliphatic hydroxyl groups excluding tert-OH is 1. The summed E-state index contributed by atoms with van der Waals surface area (Å²) in [6.45, 7) is 5.91. The molecule has 2 atom stereocenters. The summed E-state index contributed by atoms with van der Waals surface area (Å²) in [6.07, 6.45) is -0.267. The number of hydrogen-bond donors (Lipinski definition) is 1. The van der Waals surface area contributed by atoms with Crippen LogP contribution in [0.5, 0.6) is 0 Å². The Hall–Kier alpha value is -2.08. The summed E-state index contributed by atoms with van der Waals surface area (Å²) in [5.74, 6) is -0.145. The van der Waals surface area contributed by atoms with E-state index in [1.165, 1.54) is 4.90 Å². The Kier molecular flexibility index (Phi) is 3.80. The van der Waals surface area contributed by atoms with Gasteiger partial charge in [0.05, 0.1) is 17.3 Å². The summed E-state index contributed by atoms with van der Waals surface area (Å²) in [6, 6.07) is 6.45. The monoisotopic (exact) mass is 318 g/mol. The van der Waals surface area contributed by atoms with E-state index in [-0.39, 0.29) is 5.91 Å². The number of benzene rings is 1. The van der Waals surface area contributed by atoms with Crippen molar-refractivity contribution < 1.29 is 19.4 Å². The van der Waals surface area contributed by atoms with Gasteiger partial charge in [-0.25, -0.2) is 9.69 Å². The van der Waals surface area contributed by atoms with Crippen LogP contribution in [0.4, 0.5) is 10.5 Å². The van der Waals surface area contributed by atoms with Gasteiger partial charge >= 0.3 is 6.09 Å². The van der Waals surface area contributed by atoms with Crippen molar-refractivity contribution in [3.05, 3.63) is 29.8 Å². The molecule has 0 bridgehead atoms. The average molecular weight is 318 g/mol. The fourth-order valence-electron chi connectivity index (χ4n) is 3.21. The maximum absolute atomic E-state index is 12.8. The van der Waals surface area contributed by atoms with Crippen molar-refractivity contribution >= 4 is 17.7 Å². The zero-order valence-corrected chi connectivity index (χ0v) is 13.7. The van der Waals surface area contributed by atoms with Crippen molar-refractivity contribution in [2.75, 3.05) is 11.4 Å². The van der Waals surface area contributed by atoms with E-state index < -0.39 is 24.0 Å². The number of nitrogens with zero attached hydrogens (tertiary/aromatic N) is 2. The van der Waals surface area contributed by atoms with Crippen molar-refractivity contribution in [3.63, 3.8) is 0 Å². The highest BCUT2D eigenvalue weighted by Crippen LogP contribution is 2.35. The van der Waals surface area contributed by atoms with Crippen molar-refractivity contribution in [1.82, 2.24) is 4.90 Å². The molecule has 2 unspecified atom stereocenters. The van der Waals surface area contributed by atoms with E-state index in [1.54, 1.807) is 49.9 Å². The lowest BCUT2D eigenvalue weighted by Gasteiger charge is -2.33. The maximum Gasteiger partial charge on any atom is 0.417 e. The topological polar surface area (TPSA) is 70.1 Å². The van der Waals surface area contributed by atoms with E-state index in [9.17, 15) is 14.7 Å². The molecule has 6 nitrogen and oxygen atoms in total. The van der Waals surface area contributed by atoms with Crippen LogP contribution in [0.1, 0.15) is 44.0 Å². The molecule has 0 saturated carbocycles. The van der Waals surface area contributed by atoms with Crippen molar-refractivity contribution in [2.45, 2.75) is 51.5 Å². The normalized spacial score (nSPS) is 24.1. The average Bonchev–Trinajstić information content (AvgIpc) is 2.91. The van der Waals surface area contributed by atoms with Gasteiger partial charge in [-0.15, -0.1) is 0 Å². The van der Waals surface area contributed by atoms with Gasteiger partial charge in [0.15, 0.2) is 6.23 Å². The van der Waals surface area contributed by atoms with Gasteiger partial charge in [-0.05, 0) is 45.7 Å². The molecule has 2 aliphatic rings. The highest BCUT2D eigenvalue weighted by molar-refractivity contribution is 6.05. The molecule has 23 heavy (non-hydrogen) atoms. The lowest BCUT2D eigenvalue weighted by atomic mass is 10.1. The van der Waals surface area contributed by atoms with Crippen LogP contribution in [0.3, 0.4) is 0 Å². The fraction of sp³-hybridized carbons (Fsp3) is 0.529. The quantitative estimate of drug-likeness (QED) is 0.797. The molecule has 0 radical (unpaired) electrons. The number of anilines is 1. The first-order valence-electron chi connectivity index (χ1n) is 7.90. The second-order valence-corrected chi connectivity index (χ2v) is 6.99. The molecule has 1 N–H and O–H groups in total. The molecule has 124 valence electrons. The lowest BCUT2D eigenvalue weighted by molar-refractivity contribution is 0.0310. The van der Waals surface area contributed by atoms with Gasteiger partial charge in [0.1, 0.15) is 5.60 Å². The van der Waals surface area contributed by atoms with Gasteiger partial charge in [-0.2, -0.15) is 0 Å². The number of aliphatic hydroxyl groups is 1. The van der Waals surface area contributed by atoms with E-state index in [4.69, 9.17) is 4.74 Å². The summed E-state index contributed by atoms with van der Waals surface area (Å²) >= 11 is 0. The van der Waals surface area contributed by atoms with Gasteiger partial charge in [-0.1, -0.05) is 12.1 Å². The molecule has 6 heteroatoms. The molecule has 0 aromatic heterocycles. The zero-order chi connectivity index (χ0) is 16.8. The van der Waals surface area contributed by atoms with Crippen LogP contribution >= 0.6 is 0 Å². The number of ether oxygens (including phenoxy) is 1. The first kappa shape index (κ1) is 15.8. The minimum atomic E-state index is -1.11. The lowest BCUT2D eigenvalue weighted by Crippen LogP contribution is -2.51. The fourth-order valence-corrected chi connectivity index (χ4v) is 3.21. The SMILES string of the molecule is CC(C)(C)OC(=O)N1c2ccccc2C(=O)N2CCCC2C1O. The summed E-state index contributed by atoms with van der Waals surface area (Å²) in [7, 11) is 0. The number of para-hydroxylation sites is 1. The third-order valence-corrected chi connectivity index (χ3v) is 4.15. The number of carbonyl (C=O) groups excluding carboxylic acids is 2. The smallest absolute Gasteiger partial charge is 0.417 e. The van der Waals surface area contributed by atoms with Crippen LogP contribution in [0.2, 0.25) is 0 Å². The number of carbonyl (C=O) groups is 2. The van der Waals surface area contributed by atoms with Crippen LogP contribution in [0.15, 0.2) is 24.3 Å². The highest BCUT2D eigenvalue weighted by Gasteiger charge is 2.44. The van der Waals surface area contributed by atoms with Crippen LogP contribution in [-0.2, 0) is 4.74 Å². The van der Waals surface area contributed by atoms with Gasteiger partial charge in [0.2, 0.25) is 0 Å². The predicted octanol–water partition coefficient (Wildman–Crippen LogP) is 2.36. The summed E-state index contributed by atoms with van der Waals surface area (Å²) in [5.41, 5.74) is 0.132. The number of rotatable bonds is 0. The minimum absolute atomic E-state index is 0.145. The Morgan fingerprint density at radius 2 is 2.00 bits per heavy atom. The Morgan fingerprint density at radius 1 is 1.30 bits per heavy atom. The van der Waals surface area contributed by atoms with E-state index in [0.717, 1.165) is 6.42 Å². The van der Waals surface area contributed by atoms with E-state index in [2.05, 4.69) is 0 Å². The molecule has 2 heterocycles. The van der Waals surface area contributed by atoms with Gasteiger partial charge < -0.3 is 14.7 Å². The molecular formula is C17H22N2O4. The molecule has 0 aliphatic carbocycles. The molecule has 0 spiro atoms. The molecular weight excluding hydrogens is 296 g/mol. The highest BCUT2D eigenvalue weighted by atomic mass is 16.6. The molecule has 2 aliphatic heterocycles. The molecule has 1 fully saturated rings. The Balaban J connectivity index is 2.07. The molecule has 1 aromatic carbocycles. The van der Waals surface area contributed by atoms with E-state index in [1.807, 2.05) is 0 Å². The molecule has 3 rings (SSSR count). The number of fused-ring (bicyclic) bond motifs is 2. The Bertz CT molecular complexity index is 638. The third kappa shape index (κ3) is 2.79. The predicted molar refractivity (Wildman–Crippen MR) is 85.2 cm³/mol. The van der Waals surface area contributed by atoms with Crippen LogP contribution in [0, 0.1) is 0 Å². The molecule has 1 saturated heterocycles. The van der Waals surface area contributed by atoms with Gasteiger partial charge in [0.25, 0.3) is 5.91 Å². The first-order chi connectivity index (χ1) is 10.8. The van der Waals surface area contributed by atoms with E-state index in [0.29, 0.717) is 24.2 Å². The zero-order valence-electron chi connectivity index (χ0n) is 13.7. The van der Waals surface area contributed by atoms with Crippen LogP contribution < -0.4 is 4.90 Å². The van der Waals surface area contributed by atoms with E-state index >= 15 is 0 Å². The maximum atomic E-state index is 12.8. The van der Waals surface area contributed by atoms with Crippen molar-refractivity contribution in [2.24, 2.45) is 0 Å². The number of hydrogen-bond acceptors (Lipinski definition) is 4.